The lowest BCUT2D eigenvalue weighted by Crippen LogP contribution is -2.25. The molecule has 0 aliphatic carbocycles. The number of aromatic nitrogens is 2. The van der Waals surface area contributed by atoms with Crippen LogP contribution in [0.4, 0.5) is 4.39 Å². The minimum absolute atomic E-state index is 0.285. The molecule has 0 fully saturated rings. The third-order valence-corrected chi connectivity index (χ3v) is 5.69. The van der Waals surface area contributed by atoms with Gasteiger partial charge < -0.3 is 9.13 Å². The van der Waals surface area contributed by atoms with Crippen molar-refractivity contribution in [2.45, 2.75) is 26.4 Å². The first-order valence-electron chi connectivity index (χ1n) is 9.25. The molecule has 0 spiro atoms. The molecule has 0 amide bonds. The second-order valence-corrected chi connectivity index (χ2v) is 7.89. The van der Waals surface area contributed by atoms with E-state index in [2.05, 4.69) is 47.1 Å². The van der Waals surface area contributed by atoms with E-state index in [-0.39, 0.29) is 5.82 Å². The van der Waals surface area contributed by atoms with E-state index in [1.165, 1.54) is 17.2 Å². The summed E-state index contributed by atoms with van der Waals surface area (Å²) >= 11 is 3.20. The second kappa shape index (κ2) is 7.76. The van der Waals surface area contributed by atoms with Crippen LogP contribution in [0.1, 0.15) is 16.7 Å². The van der Waals surface area contributed by atoms with Crippen molar-refractivity contribution in [3.05, 3.63) is 99.3 Å². The molecule has 5 heteroatoms. The average molecular weight is 438 g/mol. The number of fused-ring (bicyclic) bond motifs is 1. The molecule has 0 atom stereocenters. The highest BCUT2D eigenvalue weighted by Gasteiger charge is 2.12. The predicted octanol–water partition coefficient (Wildman–Crippen LogP) is 5.42. The predicted molar refractivity (Wildman–Crippen MR) is 114 cm³/mol. The average Bonchev–Trinajstić information content (AvgIpc) is 2.96. The van der Waals surface area contributed by atoms with Crippen molar-refractivity contribution in [3.63, 3.8) is 0 Å². The van der Waals surface area contributed by atoms with Gasteiger partial charge in [0.2, 0.25) is 5.62 Å². The summed E-state index contributed by atoms with van der Waals surface area (Å²) < 4.78 is 18.4. The maximum Gasteiger partial charge on any atom is 0.203 e. The molecule has 0 aliphatic rings. The molecule has 0 saturated heterocycles. The van der Waals surface area contributed by atoms with Gasteiger partial charge >= 0.3 is 0 Å². The van der Waals surface area contributed by atoms with Crippen molar-refractivity contribution in [2.75, 3.05) is 0 Å². The molecule has 0 radical (unpaired) electrons. The first-order valence-corrected chi connectivity index (χ1v) is 10.0. The number of aryl methyl sites for hydroxylation is 3. The summed E-state index contributed by atoms with van der Waals surface area (Å²) in [6.45, 7) is 3.27. The van der Waals surface area contributed by atoms with Gasteiger partial charge in [-0.25, -0.2) is 4.39 Å². The zero-order valence-electron chi connectivity index (χ0n) is 15.6. The number of nitrogens with one attached hydrogen (secondary N) is 1. The summed E-state index contributed by atoms with van der Waals surface area (Å²) in [6.07, 6.45) is 0.859. The van der Waals surface area contributed by atoms with Crippen molar-refractivity contribution >= 4 is 27.0 Å². The second-order valence-electron chi connectivity index (χ2n) is 7.03. The van der Waals surface area contributed by atoms with Gasteiger partial charge in [-0.05, 0) is 64.7 Å². The van der Waals surface area contributed by atoms with Crippen molar-refractivity contribution in [3.8, 4) is 0 Å². The Morgan fingerprint density at radius 1 is 0.893 bits per heavy atom. The van der Waals surface area contributed by atoms with Gasteiger partial charge in [-0.3, -0.25) is 5.41 Å². The lowest BCUT2D eigenvalue weighted by atomic mass is 10.1. The number of nitrogens with zero attached hydrogens (tertiary/aromatic N) is 2. The molecule has 0 saturated carbocycles. The zero-order chi connectivity index (χ0) is 19.7. The van der Waals surface area contributed by atoms with E-state index in [4.69, 9.17) is 5.41 Å². The maximum atomic E-state index is 13.9. The van der Waals surface area contributed by atoms with Crippen LogP contribution in [0.3, 0.4) is 0 Å². The summed E-state index contributed by atoms with van der Waals surface area (Å²) in [4.78, 5) is 0. The van der Waals surface area contributed by atoms with Crippen molar-refractivity contribution in [1.82, 2.24) is 9.13 Å². The maximum absolute atomic E-state index is 13.9. The molecule has 3 aromatic carbocycles. The zero-order valence-corrected chi connectivity index (χ0v) is 17.2. The van der Waals surface area contributed by atoms with Gasteiger partial charge in [-0.15, -0.1) is 0 Å². The van der Waals surface area contributed by atoms with Gasteiger partial charge in [-0.1, -0.05) is 48.0 Å². The van der Waals surface area contributed by atoms with Gasteiger partial charge in [0.1, 0.15) is 5.82 Å². The Morgan fingerprint density at radius 2 is 1.54 bits per heavy atom. The molecule has 0 bridgehead atoms. The van der Waals surface area contributed by atoms with Crippen LogP contribution in [-0.4, -0.2) is 9.13 Å². The fraction of sp³-hybridized carbons (Fsp3) is 0.174. The molecular formula is C23H21BrFN3. The number of halogens is 2. The molecule has 1 N–H and O–H groups in total. The van der Waals surface area contributed by atoms with Crippen LogP contribution in [0, 0.1) is 18.2 Å². The molecular weight excluding hydrogens is 417 g/mol. The smallest absolute Gasteiger partial charge is 0.203 e. The fourth-order valence-corrected chi connectivity index (χ4v) is 3.74. The molecule has 0 unspecified atom stereocenters. The molecule has 0 aliphatic heterocycles. The third-order valence-electron chi connectivity index (χ3n) is 5.04. The Labute approximate surface area is 171 Å². The number of hydrogen-bond acceptors (Lipinski definition) is 1. The first-order chi connectivity index (χ1) is 13.5. The summed E-state index contributed by atoms with van der Waals surface area (Å²) in [5.41, 5.74) is 5.77. The summed E-state index contributed by atoms with van der Waals surface area (Å²) in [7, 11) is 0. The molecule has 142 valence electrons. The lowest BCUT2D eigenvalue weighted by Gasteiger charge is -2.07. The normalized spacial score (nSPS) is 11.2. The van der Waals surface area contributed by atoms with E-state index in [0.717, 1.165) is 29.6 Å². The number of rotatable bonds is 5. The van der Waals surface area contributed by atoms with Crippen molar-refractivity contribution in [2.24, 2.45) is 0 Å². The Kier molecular flexibility index (Phi) is 5.18. The van der Waals surface area contributed by atoms with Crippen LogP contribution in [-0.2, 0) is 19.5 Å². The van der Waals surface area contributed by atoms with E-state index in [1.54, 1.807) is 6.07 Å². The van der Waals surface area contributed by atoms with Gasteiger partial charge in [0, 0.05) is 6.54 Å². The Hall–Kier alpha value is -2.66. The van der Waals surface area contributed by atoms with Crippen LogP contribution in [0.25, 0.3) is 11.0 Å². The molecule has 1 aromatic heterocycles. The lowest BCUT2D eigenvalue weighted by molar-refractivity contribution is 0.607. The molecule has 1 heterocycles. The SMILES string of the molecule is Cc1ccc(CCn2c(=N)n(Cc3ccc(Br)c(F)c3)c3ccccc32)cc1. The number of imidazole rings is 1. The first kappa shape index (κ1) is 18.7. The quantitative estimate of drug-likeness (QED) is 0.432. The topological polar surface area (TPSA) is 33.7 Å². The fourth-order valence-electron chi connectivity index (χ4n) is 3.50. The molecule has 3 nitrogen and oxygen atoms in total. The van der Waals surface area contributed by atoms with Crippen molar-refractivity contribution in [1.29, 1.82) is 5.41 Å². The number of benzene rings is 3. The van der Waals surface area contributed by atoms with Gasteiger partial charge in [0.15, 0.2) is 0 Å². The van der Waals surface area contributed by atoms with Gasteiger partial charge in [-0.2, -0.15) is 0 Å². The van der Waals surface area contributed by atoms with Crippen LogP contribution < -0.4 is 5.62 Å². The Bertz CT molecular complexity index is 1190. The molecule has 4 aromatic rings. The highest BCUT2D eigenvalue weighted by atomic mass is 79.9. The van der Waals surface area contributed by atoms with Gasteiger partial charge in [0.05, 0.1) is 22.1 Å². The number of hydrogen-bond donors (Lipinski definition) is 1. The van der Waals surface area contributed by atoms with E-state index in [0.29, 0.717) is 16.6 Å². The van der Waals surface area contributed by atoms with Crippen LogP contribution >= 0.6 is 15.9 Å². The van der Waals surface area contributed by atoms with Crippen LogP contribution in [0.2, 0.25) is 0 Å². The van der Waals surface area contributed by atoms with E-state index in [1.807, 2.05) is 39.5 Å². The Morgan fingerprint density at radius 3 is 2.21 bits per heavy atom. The summed E-state index contributed by atoms with van der Waals surface area (Å²) in [5, 5.41) is 8.74. The summed E-state index contributed by atoms with van der Waals surface area (Å²) in [5.74, 6) is -0.285. The largest absolute Gasteiger partial charge is 0.310 e. The summed E-state index contributed by atoms with van der Waals surface area (Å²) in [6, 6.07) is 21.7. The Balaban J connectivity index is 1.69. The minimum Gasteiger partial charge on any atom is -0.310 e. The monoisotopic (exact) mass is 437 g/mol. The standard InChI is InChI=1S/C23H21BrFN3/c1-16-6-8-17(9-7-16)12-13-27-21-4-2-3-5-22(21)28(23(27)26)15-18-10-11-19(24)20(25)14-18/h2-11,14,26H,12-13,15H2,1H3. The van der Waals surface area contributed by atoms with E-state index < -0.39 is 0 Å². The molecule has 28 heavy (non-hydrogen) atoms. The molecule has 4 rings (SSSR count). The van der Waals surface area contributed by atoms with Crippen molar-refractivity contribution < 1.29 is 4.39 Å². The van der Waals surface area contributed by atoms with E-state index >= 15 is 0 Å². The minimum atomic E-state index is -0.285. The highest BCUT2D eigenvalue weighted by molar-refractivity contribution is 9.10. The van der Waals surface area contributed by atoms with Crippen LogP contribution in [0.15, 0.2) is 71.2 Å². The highest BCUT2D eigenvalue weighted by Crippen LogP contribution is 2.19. The van der Waals surface area contributed by atoms with Crippen LogP contribution in [0.5, 0.6) is 0 Å². The third kappa shape index (κ3) is 3.67. The number of para-hydroxylation sites is 2. The van der Waals surface area contributed by atoms with Gasteiger partial charge in [0.25, 0.3) is 0 Å². The van der Waals surface area contributed by atoms with E-state index in [9.17, 15) is 4.39 Å².